The maximum atomic E-state index is 12.2. The van der Waals surface area contributed by atoms with Crippen LogP contribution in [-0.4, -0.2) is 12.1 Å². The standard InChI is InChI=1S/C22H19F3O3/c1-15(2-11-21(26)19-12-13-27-14-19)16-3-5-17(6-4-16)18-7-9-20(10-8-18)28-22(23,24)25/h3-10,12-15H,2,11H2,1H3. The average Bonchev–Trinajstić information content (AvgIpc) is 3.20. The van der Waals surface area contributed by atoms with Crippen molar-refractivity contribution in [2.75, 3.05) is 0 Å². The largest absolute Gasteiger partial charge is 0.573 e. The van der Waals surface area contributed by atoms with Gasteiger partial charge in [-0.15, -0.1) is 13.2 Å². The zero-order valence-electron chi connectivity index (χ0n) is 15.2. The third-order valence-corrected chi connectivity index (χ3v) is 4.55. The fraction of sp³-hybridized carbons (Fsp3) is 0.227. The summed E-state index contributed by atoms with van der Waals surface area (Å²) in [5, 5.41) is 0. The van der Waals surface area contributed by atoms with Crippen LogP contribution in [0.4, 0.5) is 13.2 Å². The van der Waals surface area contributed by atoms with Crippen molar-refractivity contribution >= 4 is 5.78 Å². The highest BCUT2D eigenvalue weighted by molar-refractivity contribution is 5.95. The van der Waals surface area contributed by atoms with E-state index in [9.17, 15) is 18.0 Å². The smallest absolute Gasteiger partial charge is 0.472 e. The van der Waals surface area contributed by atoms with Gasteiger partial charge in [0.25, 0.3) is 0 Å². The Kier molecular flexibility index (Phi) is 5.87. The van der Waals surface area contributed by atoms with Crippen LogP contribution in [0.1, 0.15) is 41.6 Å². The first-order valence-corrected chi connectivity index (χ1v) is 8.83. The summed E-state index contributed by atoms with van der Waals surface area (Å²) in [5.41, 5.74) is 3.37. The minimum Gasteiger partial charge on any atom is -0.472 e. The summed E-state index contributed by atoms with van der Waals surface area (Å²) in [5.74, 6) is 0.00892. The van der Waals surface area contributed by atoms with Crippen LogP contribution < -0.4 is 4.74 Å². The van der Waals surface area contributed by atoms with Gasteiger partial charge in [0.2, 0.25) is 0 Å². The van der Waals surface area contributed by atoms with E-state index in [1.807, 2.05) is 24.3 Å². The van der Waals surface area contributed by atoms with Gasteiger partial charge in [0, 0.05) is 6.42 Å². The predicted octanol–water partition coefficient (Wildman–Crippen LogP) is 6.61. The maximum Gasteiger partial charge on any atom is 0.573 e. The summed E-state index contributed by atoms with van der Waals surface area (Å²) in [4.78, 5) is 12.1. The molecule has 0 amide bonds. The highest BCUT2D eigenvalue weighted by atomic mass is 19.4. The third kappa shape index (κ3) is 5.25. The summed E-state index contributed by atoms with van der Waals surface area (Å²) in [6.45, 7) is 2.06. The molecule has 1 aromatic heterocycles. The lowest BCUT2D eigenvalue weighted by Crippen LogP contribution is -2.16. The first kappa shape index (κ1) is 19.7. The van der Waals surface area contributed by atoms with Crippen LogP contribution in [0.5, 0.6) is 5.75 Å². The minimum atomic E-state index is -4.70. The topological polar surface area (TPSA) is 39.4 Å². The number of halogens is 3. The Balaban J connectivity index is 1.60. The Labute approximate surface area is 160 Å². The van der Waals surface area contributed by atoms with Gasteiger partial charge in [-0.2, -0.15) is 0 Å². The predicted molar refractivity (Wildman–Crippen MR) is 99.2 cm³/mol. The second-order valence-corrected chi connectivity index (χ2v) is 6.57. The summed E-state index contributed by atoms with van der Waals surface area (Å²) < 4.78 is 45.5. The lowest BCUT2D eigenvalue weighted by molar-refractivity contribution is -0.274. The third-order valence-electron chi connectivity index (χ3n) is 4.55. The minimum absolute atomic E-state index is 0.0541. The molecule has 3 rings (SSSR count). The summed E-state index contributed by atoms with van der Waals surface area (Å²) in [6.07, 6.45) is -0.613. The first-order valence-electron chi connectivity index (χ1n) is 8.83. The van der Waals surface area contributed by atoms with Crippen LogP contribution in [0, 0.1) is 0 Å². The van der Waals surface area contributed by atoms with Crippen molar-refractivity contribution < 1.29 is 27.1 Å². The Morgan fingerprint density at radius 1 is 1.00 bits per heavy atom. The number of furan rings is 1. The van der Waals surface area contributed by atoms with Crippen molar-refractivity contribution in [2.24, 2.45) is 0 Å². The quantitative estimate of drug-likeness (QED) is 0.428. The SMILES string of the molecule is CC(CCC(=O)c1ccoc1)c1ccc(-c2ccc(OC(F)(F)F)cc2)cc1. The van der Waals surface area contributed by atoms with Gasteiger partial charge in [0.05, 0.1) is 11.8 Å². The molecular formula is C22H19F3O3. The van der Waals surface area contributed by atoms with Crippen molar-refractivity contribution in [2.45, 2.75) is 32.0 Å². The number of benzene rings is 2. The number of ketones is 1. The number of rotatable bonds is 7. The molecule has 0 saturated heterocycles. The number of carbonyl (C=O) groups is 1. The van der Waals surface area contributed by atoms with Crippen LogP contribution in [-0.2, 0) is 0 Å². The van der Waals surface area contributed by atoms with Gasteiger partial charge >= 0.3 is 6.36 Å². The molecule has 3 nitrogen and oxygen atoms in total. The number of hydrogen-bond acceptors (Lipinski definition) is 3. The van der Waals surface area contributed by atoms with Crippen LogP contribution in [0.2, 0.25) is 0 Å². The molecular weight excluding hydrogens is 369 g/mol. The van der Waals surface area contributed by atoms with E-state index in [2.05, 4.69) is 11.7 Å². The second kappa shape index (κ2) is 8.33. The van der Waals surface area contributed by atoms with Crippen molar-refractivity contribution in [1.82, 2.24) is 0 Å². The van der Waals surface area contributed by atoms with Crippen LogP contribution in [0.25, 0.3) is 11.1 Å². The van der Waals surface area contributed by atoms with Crippen LogP contribution in [0.3, 0.4) is 0 Å². The van der Waals surface area contributed by atoms with E-state index in [4.69, 9.17) is 4.42 Å². The van der Waals surface area contributed by atoms with Crippen LogP contribution >= 0.6 is 0 Å². The van der Waals surface area contributed by atoms with E-state index >= 15 is 0 Å². The molecule has 1 unspecified atom stereocenters. The molecule has 0 bridgehead atoms. The normalized spacial score (nSPS) is 12.6. The Morgan fingerprint density at radius 2 is 1.61 bits per heavy atom. The molecule has 0 radical (unpaired) electrons. The van der Waals surface area contributed by atoms with E-state index in [1.165, 1.54) is 24.7 Å². The zero-order valence-corrected chi connectivity index (χ0v) is 15.2. The number of Topliss-reactive ketones (excluding diaryl/α,β-unsaturated/α-hetero) is 1. The van der Waals surface area contributed by atoms with Gasteiger partial charge in [0.15, 0.2) is 5.78 Å². The van der Waals surface area contributed by atoms with Gasteiger partial charge in [-0.05, 0) is 47.2 Å². The molecule has 2 aromatic carbocycles. The van der Waals surface area contributed by atoms with Gasteiger partial charge in [0.1, 0.15) is 12.0 Å². The highest BCUT2D eigenvalue weighted by Crippen LogP contribution is 2.28. The van der Waals surface area contributed by atoms with Gasteiger partial charge < -0.3 is 9.15 Å². The van der Waals surface area contributed by atoms with Gasteiger partial charge in [-0.1, -0.05) is 43.3 Å². The van der Waals surface area contributed by atoms with E-state index in [-0.39, 0.29) is 17.5 Å². The van der Waals surface area contributed by atoms with Crippen molar-refractivity contribution in [1.29, 1.82) is 0 Å². The van der Waals surface area contributed by atoms with E-state index < -0.39 is 6.36 Å². The highest BCUT2D eigenvalue weighted by Gasteiger charge is 2.30. The van der Waals surface area contributed by atoms with Crippen LogP contribution in [0.15, 0.2) is 71.5 Å². The average molecular weight is 388 g/mol. The number of ether oxygens (including phenoxy) is 1. The van der Waals surface area contributed by atoms with Crippen molar-refractivity contribution in [3.8, 4) is 16.9 Å². The lowest BCUT2D eigenvalue weighted by atomic mass is 9.92. The van der Waals surface area contributed by atoms with Gasteiger partial charge in [-0.3, -0.25) is 4.79 Å². The molecule has 0 N–H and O–H groups in total. The number of carbonyl (C=O) groups excluding carboxylic acids is 1. The molecule has 1 atom stereocenters. The molecule has 1 heterocycles. The van der Waals surface area contributed by atoms with E-state index in [0.29, 0.717) is 18.4 Å². The zero-order chi connectivity index (χ0) is 20.1. The molecule has 0 aliphatic carbocycles. The maximum absolute atomic E-state index is 12.2. The molecule has 0 spiro atoms. The van der Waals surface area contributed by atoms with Crippen molar-refractivity contribution in [3.05, 3.63) is 78.3 Å². The number of hydrogen-bond donors (Lipinski definition) is 0. The van der Waals surface area contributed by atoms with E-state index in [0.717, 1.165) is 16.7 Å². The molecule has 0 aliphatic heterocycles. The lowest BCUT2D eigenvalue weighted by Gasteiger charge is -2.12. The molecule has 0 saturated carbocycles. The molecule has 6 heteroatoms. The van der Waals surface area contributed by atoms with Crippen molar-refractivity contribution in [3.63, 3.8) is 0 Å². The molecule has 0 fully saturated rings. The fourth-order valence-electron chi connectivity index (χ4n) is 2.93. The molecule has 28 heavy (non-hydrogen) atoms. The van der Waals surface area contributed by atoms with E-state index in [1.54, 1.807) is 18.2 Å². The Morgan fingerprint density at radius 3 is 2.14 bits per heavy atom. The Bertz CT molecular complexity index is 896. The molecule has 146 valence electrons. The monoisotopic (exact) mass is 388 g/mol. The second-order valence-electron chi connectivity index (χ2n) is 6.57. The fourth-order valence-corrected chi connectivity index (χ4v) is 2.93. The summed E-state index contributed by atoms with van der Waals surface area (Å²) >= 11 is 0. The summed E-state index contributed by atoms with van der Waals surface area (Å²) in [6, 6.07) is 15.2. The Hall–Kier alpha value is -3.02. The first-order chi connectivity index (χ1) is 13.3. The van der Waals surface area contributed by atoms with Gasteiger partial charge in [-0.25, -0.2) is 0 Å². The number of alkyl halides is 3. The summed E-state index contributed by atoms with van der Waals surface area (Å²) in [7, 11) is 0. The molecule has 0 aliphatic rings. The molecule has 3 aromatic rings.